The number of rotatable bonds is 4. The van der Waals surface area contributed by atoms with Gasteiger partial charge in [0.15, 0.2) is 5.41 Å². The summed E-state index contributed by atoms with van der Waals surface area (Å²) in [6.07, 6.45) is 4.67. The lowest BCUT2D eigenvalue weighted by atomic mass is 9.55. The highest BCUT2D eigenvalue weighted by atomic mass is 16.5. The van der Waals surface area contributed by atoms with Crippen LogP contribution in [0.5, 0.6) is 11.5 Å². The number of hydrogen-bond acceptors (Lipinski definition) is 6. The molecule has 148 valence electrons. The van der Waals surface area contributed by atoms with Crippen molar-refractivity contribution in [2.75, 3.05) is 14.2 Å². The number of ether oxygens (including phenoxy) is 2. The summed E-state index contributed by atoms with van der Waals surface area (Å²) in [4.78, 5) is 0. The van der Waals surface area contributed by atoms with Crippen molar-refractivity contribution in [1.82, 2.24) is 0 Å². The molecule has 0 aliphatic heterocycles. The second kappa shape index (κ2) is 7.90. The van der Waals surface area contributed by atoms with E-state index in [1.54, 1.807) is 26.4 Å². The van der Waals surface area contributed by atoms with Crippen LogP contribution in [0.1, 0.15) is 37.7 Å². The summed E-state index contributed by atoms with van der Waals surface area (Å²) in [6, 6.07) is 11.9. The molecule has 0 fully saturated rings. The number of benzene rings is 1. The maximum atomic E-state index is 10.2. The van der Waals surface area contributed by atoms with Crippen molar-refractivity contribution >= 4 is 0 Å². The molecule has 2 N–H and O–H groups in total. The fourth-order valence-electron chi connectivity index (χ4n) is 4.73. The predicted molar refractivity (Wildman–Crippen MR) is 107 cm³/mol. The van der Waals surface area contributed by atoms with E-state index in [4.69, 9.17) is 15.2 Å². The molecule has 0 bridgehead atoms. The van der Waals surface area contributed by atoms with Gasteiger partial charge in [-0.2, -0.15) is 15.8 Å². The van der Waals surface area contributed by atoms with E-state index in [0.29, 0.717) is 23.0 Å². The van der Waals surface area contributed by atoms with E-state index in [0.717, 1.165) is 24.8 Å². The molecular weight excluding hydrogens is 364 g/mol. The van der Waals surface area contributed by atoms with Crippen molar-refractivity contribution in [3.63, 3.8) is 0 Å². The third kappa shape index (κ3) is 3.00. The van der Waals surface area contributed by atoms with Crippen molar-refractivity contribution in [1.29, 1.82) is 15.8 Å². The molecule has 1 aromatic carbocycles. The van der Waals surface area contributed by atoms with Gasteiger partial charge in [0, 0.05) is 11.5 Å². The topological polar surface area (TPSA) is 116 Å². The highest BCUT2D eigenvalue weighted by Gasteiger charge is 2.55. The van der Waals surface area contributed by atoms with Crippen LogP contribution >= 0.6 is 0 Å². The molecule has 1 aromatic rings. The van der Waals surface area contributed by atoms with Crippen molar-refractivity contribution in [3.05, 3.63) is 46.7 Å². The van der Waals surface area contributed by atoms with Crippen LogP contribution in [0.4, 0.5) is 0 Å². The van der Waals surface area contributed by atoms with Crippen molar-refractivity contribution < 1.29 is 9.47 Å². The highest BCUT2D eigenvalue weighted by molar-refractivity contribution is 5.61. The molecular formula is C23H24N4O2. The molecule has 6 heteroatoms. The summed E-state index contributed by atoms with van der Waals surface area (Å²) in [7, 11) is 3.12. The summed E-state index contributed by atoms with van der Waals surface area (Å²) in [5.41, 5.74) is 6.52. The first-order chi connectivity index (χ1) is 14.0. The third-order valence-electron chi connectivity index (χ3n) is 6.32. The smallest absolute Gasteiger partial charge is 0.191 e. The van der Waals surface area contributed by atoms with Crippen molar-refractivity contribution in [3.8, 4) is 29.7 Å². The Labute approximate surface area is 171 Å². The molecule has 0 amide bonds. The summed E-state index contributed by atoms with van der Waals surface area (Å²) in [6.45, 7) is 2.13. The Kier molecular flexibility index (Phi) is 5.53. The van der Waals surface area contributed by atoms with Gasteiger partial charge in [-0.3, -0.25) is 0 Å². The lowest BCUT2D eigenvalue weighted by Gasteiger charge is -2.45. The molecule has 0 unspecified atom stereocenters. The number of nitrogens with two attached hydrogens (primary N) is 1. The number of methoxy groups -OCH3 is 2. The Morgan fingerprint density at radius 2 is 1.90 bits per heavy atom. The molecule has 0 heterocycles. The van der Waals surface area contributed by atoms with Gasteiger partial charge in [0.1, 0.15) is 17.6 Å². The molecule has 0 saturated carbocycles. The average Bonchev–Trinajstić information content (AvgIpc) is 2.77. The summed E-state index contributed by atoms with van der Waals surface area (Å²) in [5.74, 6) is 0.831. The van der Waals surface area contributed by atoms with Crippen LogP contribution < -0.4 is 15.2 Å². The van der Waals surface area contributed by atoms with E-state index >= 15 is 0 Å². The van der Waals surface area contributed by atoms with Crippen LogP contribution in [-0.2, 0) is 0 Å². The first kappa shape index (κ1) is 20.3. The second-order valence-electron chi connectivity index (χ2n) is 7.53. The number of allylic oxidation sites excluding steroid dienone is 4. The van der Waals surface area contributed by atoms with Gasteiger partial charge in [0.2, 0.25) is 0 Å². The normalized spacial score (nSPS) is 25.0. The number of nitrogens with zero attached hydrogens (tertiary/aromatic N) is 3. The van der Waals surface area contributed by atoms with Gasteiger partial charge in [-0.25, -0.2) is 0 Å². The second-order valence-corrected chi connectivity index (χ2v) is 7.53. The van der Waals surface area contributed by atoms with Gasteiger partial charge < -0.3 is 15.2 Å². The molecule has 3 atom stereocenters. The Bertz CT molecular complexity index is 989. The Balaban J connectivity index is 2.37. The SMILES string of the molecule is CC[C@H]1CC=C2C(C#N)=C(N)C(C#N)(C#N)[C@H](c3cc(OC)ccc3OC)[C@H]2C1. The lowest BCUT2D eigenvalue weighted by Crippen LogP contribution is -2.43. The van der Waals surface area contributed by atoms with Crippen LogP contribution in [0.15, 0.2) is 41.1 Å². The summed E-state index contributed by atoms with van der Waals surface area (Å²) < 4.78 is 11.0. The van der Waals surface area contributed by atoms with Gasteiger partial charge in [0.05, 0.1) is 37.6 Å². The largest absolute Gasteiger partial charge is 0.497 e. The van der Waals surface area contributed by atoms with Crippen LogP contribution in [0, 0.1) is 51.2 Å². The van der Waals surface area contributed by atoms with E-state index in [1.165, 1.54) is 0 Å². The van der Waals surface area contributed by atoms with Crippen LogP contribution in [0.3, 0.4) is 0 Å². The zero-order chi connectivity index (χ0) is 21.2. The van der Waals surface area contributed by atoms with Crippen LogP contribution in [0.25, 0.3) is 0 Å². The van der Waals surface area contributed by atoms with Crippen LogP contribution in [-0.4, -0.2) is 14.2 Å². The maximum Gasteiger partial charge on any atom is 0.191 e. The quantitative estimate of drug-likeness (QED) is 0.835. The highest BCUT2D eigenvalue weighted by Crippen LogP contribution is 2.58. The summed E-state index contributed by atoms with van der Waals surface area (Å²) in [5, 5.41) is 30.1. The van der Waals surface area contributed by atoms with E-state index in [2.05, 4.69) is 31.2 Å². The van der Waals surface area contributed by atoms with E-state index in [9.17, 15) is 15.8 Å². The van der Waals surface area contributed by atoms with Gasteiger partial charge in [0.25, 0.3) is 0 Å². The average molecular weight is 388 g/mol. The fourth-order valence-corrected chi connectivity index (χ4v) is 4.73. The summed E-state index contributed by atoms with van der Waals surface area (Å²) >= 11 is 0. The van der Waals surface area contributed by atoms with E-state index in [1.807, 2.05) is 6.07 Å². The van der Waals surface area contributed by atoms with E-state index < -0.39 is 11.3 Å². The minimum absolute atomic E-state index is 0.0253. The Morgan fingerprint density at radius 3 is 2.45 bits per heavy atom. The molecule has 0 radical (unpaired) electrons. The molecule has 2 aliphatic rings. The van der Waals surface area contributed by atoms with Gasteiger partial charge >= 0.3 is 0 Å². The maximum absolute atomic E-state index is 10.2. The lowest BCUT2D eigenvalue weighted by molar-refractivity contribution is 0.264. The zero-order valence-corrected chi connectivity index (χ0v) is 16.9. The number of nitriles is 3. The standard InChI is InChI=1S/C23H24N4O2/c1-4-14-5-7-16-17(9-14)21(18-10-15(28-2)6-8-20(18)29-3)23(12-25,13-26)22(27)19(16)11-24/h6-8,10,14,17,21H,4-5,9,27H2,1-3H3/t14-,17-,21-/m0/s1. The van der Waals surface area contributed by atoms with Gasteiger partial charge in [-0.05, 0) is 48.4 Å². The van der Waals surface area contributed by atoms with E-state index in [-0.39, 0.29) is 17.2 Å². The fraction of sp³-hybridized carbons (Fsp3) is 0.435. The third-order valence-corrected chi connectivity index (χ3v) is 6.32. The molecule has 0 spiro atoms. The van der Waals surface area contributed by atoms with Gasteiger partial charge in [-0.15, -0.1) is 0 Å². The molecule has 29 heavy (non-hydrogen) atoms. The minimum atomic E-state index is -1.66. The van der Waals surface area contributed by atoms with Gasteiger partial charge in [-0.1, -0.05) is 19.4 Å². The zero-order valence-electron chi connectivity index (χ0n) is 16.9. The number of fused-ring (bicyclic) bond motifs is 1. The Morgan fingerprint density at radius 1 is 1.17 bits per heavy atom. The van der Waals surface area contributed by atoms with Crippen molar-refractivity contribution in [2.24, 2.45) is 23.0 Å². The predicted octanol–water partition coefficient (Wildman–Crippen LogP) is 3.93. The molecule has 0 saturated heterocycles. The van der Waals surface area contributed by atoms with Crippen LogP contribution in [0.2, 0.25) is 0 Å². The first-order valence-electron chi connectivity index (χ1n) is 9.66. The number of hydrogen-bond donors (Lipinski definition) is 1. The Hall–Kier alpha value is -3.43. The molecule has 2 aliphatic carbocycles. The molecule has 3 rings (SSSR count). The first-order valence-corrected chi connectivity index (χ1v) is 9.66. The monoisotopic (exact) mass is 388 g/mol. The molecule has 6 nitrogen and oxygen atoms in total. The molecule has 0 aromatic heterocycles. The van der Waals surface area contributed by atoms with Crippen molar-refractivity contribution in [2.45, 2.75) is 32.1 Å². The minimum Gasteiger partial charge on any atom is -0.497 e.